The van der Waals surface area contributed by atoms with Crippen LogP contribution in [0.1, 0.15) is 18.4 Å². The molecule has 1 aromatic carbocycles. The van der Waals surface area contributed by atoms with Crippen molar-refractivity contribution in [2.75, 3.05) is 0 Å². The van der Waals surface area contributed by atoms with Crippen LogP contribution in [0.25, 0.3) is 10.1 Å². The van der Waals surface area contributed by atoms with E-state index in [1.807, 2.05) is 6.07 Å². The van der Waals surface area contributed by atoms with Crippen LogP contribution in [0.5, 0.6) is 0 Å². The van der Waals surface area contributed by atoms with E-state index >= 15 is 0 Å². The summed E-state index contributed by atoms with van der Waals surface area (Å²) in [4.78, 5) is 10.4. The normalized spacial score (nSPS) is 10.8. The molecular weight excluding hydrogens is 288 g/mol. The first-order valence-electron chi connectivity index (χ1n) is 5.04. The molecule has 0 aliphatic heterocycles. The number of benzene rings is 1. The van der Waals surface area contributed by atoms with Crippen molar-refractivity contribution >= 4 is 43.3 Å². The zero-order valence-corrected chi connectivity index (χ0v) is 11.0. The number of hydrogen-bond donors (Lipinski definition) is 1. The number of fused-ring (bicyclic) bond motifs is 1. The molecule has 0 saturated carbocycles. The lowest BCUT2D eigenvalue weighted by Gasteiger charge is -1.98. The van der Waals surface area contributed by atoms with Crippen molar-refractivity contribution in [1.29, 1.82) is 0 Å². The number of rotatable bonds is 4. The van der Waals surface area contributed by atoms with Gasteiger partial charge in [0.25, 0.3) is 0 Å². The molecule has 2 rings (SSSR count). The van der Waals surface area contributed by atoms with Crippen LogP contribution in [0.3, 0.4) is 0 Å². The van der Waals surface area contributed by atoms with E-state index in [0.29, 0.717) is 6.42 Å². The van der Waals surface area contributed by atoms with Crippen molar-refractivity contribution in [3.8, 4) is 0 Å². The summed E-state index contributed by atoms with van der Waals surface area (Å²) in [6, 6.07) is 6.21. The van der Waals surface area contributed by atoms with Crippen LogP contribution in [0.4, 0.5) is 0 Å². The minimum absolute atomic E-state index is 0.241. The van der Waals surface area contributed by atoms with E-state index in [0.717, 1.165) is 10.9 Å². The van der Waals surface area contributed by atoms with Crippen LogP contribution >= 0.6 is 27.3 Å². The Balaban J connectivity index is 2.17. The molecule has 1 aromatic heterocycles. The molecule has 0 spiro atoms. The molecule has 2 aromatic rings. The molecule has 16 heavy (non-hydrogen) atoms. The van der Waals surface area contributed by atoms with Crippen LogP contribution in [-0.2, 0) is 11.2 Å². The zero-order valence-electron chi connectivity index (χ0n) is 8.57. The summed E-state index contributed by atoms with van der Waals surface area (Å²) >= 11 is 5.17. The van der Waals surface area contributed by atoms with Gasteiger partial charge in [0.1, 0.15) is 0 Å². The maximum atomic E-state index is 10.4. The monoisotopic (exact) mass is 298 g/mol. The maximum absolute atomic E-state index is 10.4. The Morgan fingerprint density at radius 3 is 3.00 bits per heavy atom. The number of thiophene rings is 1. The summed E-state index contributed by atoms with van der Waals surface area (Å²) in [5.41, 5.74) is 1.25. The second-order valence-corrected chi connectivity index (χ2v) is 5.48. The summed E-state index contributed by atoms with van der Waals surface area (Å²) in [5, 5.41) is 12.0. The number of halogens is 1. The fourth-order valence-electron chi connectivity index (χ4n) is 1.68. The first-order valence-corrected chi connectivity index (χ1v) is 6.71. The molecule has 1 heterocycles. The van der Waals surface area contributed by atoms with E-state index in [1.165, 1.54) is 15.6 Å². The van der Waals surface area contributed by atoms with E-state index in [-0.39, 0.29) is 6.42 Å². The Hall–Kier alpha value is -0.870. The van der Waals surface area contributed by atoms with Gasteiger partial charge in [0, 0.05) is 15.6 Å². The highest BCUT2D eigenvalue weighted by Gasteiger charge is 2.05. The van der Waals surface area contributed by atoms with E-state index in [4.69, 9.17) is 5.11 Å². The Kier molecular flexibility index (Phi) is 3.61. The summed E-state index contributed by atoms with van der Waals surface area (Å²) < 4.78 is 2.33. The molecule has 2 nitrogen and oxygen atoms in total. The molecule has 0 aliphatic carbocycles. The maximum Gasteiger partial charge on any atom is 0.303 e. The number of aliphatic carboxylic acids is 1. The number of carbonyl (C=O) groups is 1. The predicted molar refractivity (Wildman–Crippen MR) is 70.1 cm³/mol. The standard InChI is InChI=1S/C12H11BrO2S/c13-9-4-5-11-10(6-9)8(7-16-11)2-1-3-12(14)15/h4-7H,1-3H2,(H,14,15). The summed E-state index contributed by atoms with van der Waals surface area (Å²) in [6.07, 6.45) is 1.78. The third kappa shape index (κ3) is 2.62. The van der Waals surface area contributed by atoms with Crippen molar-refractivity contribution in [2.45, 2.75) is 19.3 Å². The molecule has 0 radical (unpaired) electrons. The zero-order chi connectivity index (χ0) is 11.5. The van der Waals surface area contributed by atoms with Gasteiger partial charge in [-0.1, -0.05) is 15.9 Å². The minimum Gasteiger partial charge on any atom is -0.481 e. The van der Waals surface area contributed by atoms with Crippen molar-refractivity contribution in [3.63, 3.8) is 0 Å². The van der Waals surface area contributed by atoms with Gasteiger partial charge in [0.05, 0.1) is 0 Å². The smallest absolute Gasteiger partial charge is 0.303 e. The molecule has 84 valence electrons. The SMILES string of the molecule is O=C(O)CCCc1csc2ccc(Br)cc12. The summed E-state index contributed by atoms with van der Waals surface area (Å²) in [5.74, 6) is -0.722. The van der Waals surface area contributed by atoms with Gasteiger partial charge in [-0.3, -0.25) is 4.79 Å². The molecule has 0 aliphatic rings. The number of carboxylic acids is 1. The van der Waals surface area contributed by atoms with Gasteiger partial charge in [-0.15, -0.1) is 11.3 Å². The molecule has 4 heteroatoms. The second-order valence-electron chi connectivity index (χ2n) is 3.65. The first kappa shape index (κ1) is 11.6. The Morgan fingerprint density at radius 1 is 1.44 bits per heavy atom. The highest BCUT2D eigenvalue weighted by Crippen LogP contribution is 2.29. The van der Waals surface area contributed by atoms with Crippen LogP contribution in [0.15, 0.2) is 28.1 Å². The van der Waals surface area contributed by atoms with Gasteiger partial charge in [-0.25, -0.2) is 0 Å². The van der Waals surface area contributed by atoms with Crippen molar-refractivity contribution in [2.24, 2.45) is 0 Å². The molecule has 0 atom stereocenters. The fourth-order valence-corrected chi connectivity index (χ4v) is 3.02. The second kappa shape index (κ2) is 4.97. The molecule has 0 unspecified atom stereocenters. The lowest BCUT2D eigenvalue weighted by atomic mass is 10.1. The lowest BCUT2D eigenvalue weighted by molar-refractivity contribution is -0.137. The van der Waals surface area contributed by atoms with Gasteiger partial charge in [0.15, 0.2) is 0 Å². The molecular formula is C12H11BrO2S. The topological polar surface area (TPSA) is 37.3 Å². The van der Waals surface area contributed by atoms with E-state index in [9.17, 15) is 4.79 Å². The number of carboxylic acid groups (broad SMARTS) is 1. The van der Waals surface area contributed by atoms with Gasteiger partial charge in [-0.05, 0) is 47.4 Å². The lowest BCUT2D eigenvalue weighted by Crippen LogP contribution is -1.95. The Labute approximate surface area is 106 Å². The average Bonchev–Trinajstić information content (AvgIpc) is 2.60. The van der Waals surface area contributed by atoms with Crippen LogP contribution in [-0.4, -0.2) is 11.1 Å². The number of hydrogen-bond acceptors (Lipinski definition) is 2. The third-order valence-corrected chi connectivity index (χ3v) is 3.96. The van der Waals surface area contributed by atoms with Crippen LogP contribution in [0, 0.1) is 0 Å². The van der Waals surface area contributed by atoms with Crippen LogP contribution in [0.2, 0.25) is 0 Å². The quantitative estimate of drug-likeness (QED) is 0.924. The first-order chi connectivity index (χ1) is 7.66. The van der Waals surface area contributed by atoms with Crippen molar-refractivity contribution in [1.82, 2.24) is 0 Å². The Bertz CT molecular complexity index is 519. The predicted octanol–water partition coefficient (Wildman–Crippen LogP) is 4.07. The van der Waals surface area contributed by atoms with Crippen molar-refractivity contribution in [3.05, 3.63) is 33.6 Å². The Morgan fingerprint density at radius 2 is 2.25 bits per heavy atom. The molecule has 1 N–H and O–H groups in total. The van der Waals surface area contributed by atoms with Gasteiger partial charge >= 0.3 is 5.97 Å². The van der Waals surface area contributed by atoms with Gasteiger partial charge < -0.3 is 5.11 Å². The molecule has 0 bridgehead atoms. The average molecular weight is 299 g/mol. The van der Waals surface area contributed by atoms with Crippen molar-refractivity contribution < 1.29 is 9.90 Å². The summed E-state index contributed by atoms with van der Waals surface area (Å²) in [7, 11) is 0. The van der Waals surface area contributed by atoms with Crippen LogP contribution < -0.4 is 0 Å². The highest BCUT2D eigenvalue weighted by molar-refractivity contribution is 9.10. The molecule has 0 amide bonds. The van der Waals surface area contributed by atoms with E-state index in [1.54, 1.807) is 11.3 Å². The van der Waals surface area contributed by atoms with Gasteiger partial charge in [-0.2, -0.15) is 0 Å². The minimum atomic E-state index is -0.722. The molecule has 0 fully saturated rings. The van der Waals surface area contributed by atoms with E-state index < -0.39 is 5.97 Å². The summed E-state index contributed by atoms with van der Waals surface area (Å²) in [6.45, 7) is 0. The van der Waals surface area contributed by atoms with Gasteiger partial charge in [0.2, 0.25) is 0 Å². The third-order valence-electron chi connectivity index (χ3n) is 2.45. The van der Waals surface area contributed by atoms with E-state index in [2.05, 4.69) is 33.4 Å². The highest BCUT2D eigenvalue weighted by atomic mass is 79.9. The number of aryl methyl sites for hydroxylation is 1. The fraction of sp³-hybridized carbons (Fsp3) is 0.250. The largest absolute Gasteiger partial charge is 0.481 e. The molecule has 0 saturated heterocycles.